The third-order valence-electron chi connectivity index (χ3n) is 7.32. The van der Waals surface area contributed by atoms with Crippen molar-refractivity contribution in [2.24, 2.45) is 0 Å². The second-order valence-corrected chi connectivity index (χ2v) is 9.41. The van der Waals surface area contributed by atoms with Gasteiger partial charge in [-0.15, -0.1) is 0 Å². The van der Waals surface area contributed by atoms with Crippen molar-refractivity contribution in [1.82, 2.24) is 9.13 Å². The highest BCUT2D eigenvalue weighted by Gasteiger charge is 2.25. The number of rotatable bonds is 2. The van der Waals surface area contributed by atoms with Crippen molar-refractivity contribution >= 4 is 43.6 Å². The Morgan fingerprint density at radius 1 is 0.550 bits per heavy atom. The molecule has 0 N–H and O–H groups in total. The van der Waals surface area contributed by atoms with Crippen LogP contribution in [0, 0.1) is 45.6 Å². The number of nitrogens with zero attached hydrogens (tertiary/aromatic N) is 5. The molecular formula is C33H15F2N5. The molecule has 0 spiro atoms. The van der Waals surface area contributed by atoms with Crippen LogP contribution in [-0.2, 0) is 0 Å². The minimum atomic E-state index is -0.600. The molecule has 7 aromatic rings. The zero-order valence-electron chi connectivity index (χ0n) is 20.7. The van der Waals surface area contributed by atoms with Gasteiger partial charge in [0.25, 0.3) is 0 Å². The zero-order chi connectivity index (χ0) is 27.5. The van der Waals surface area contributed by atoms with Gasteiger partial charge in [-0.1, -0.05) is 48.5 Å². The van der Waals surface area contributed by atoms with Gasteiger partial charge in [-0.05, 0) is 36.4 Å². The van der Waals surface area contributed by atoms with Crippen LogP contribution >= 0.6 is 0 Å². The average Bonchev–Trinajstić information content (AvgIpc) is 3.50. The van der Waals surface area contributed by atoms with Crippen molar-refractivity contribution in [3.8, 4) is 29.6 Å². The summed E-state index contributed by atoms with van der Waals surface area (Å²) >= 11 is 0. The van der Waals surface area contributed by atoms with Gasteiger partial charge in [0.05, 0.1) is 56.2 Å². The first-order valence-electron chi connectivity index (χ1n) is 12.3. The highest BCUT2D eigenvalue weighted by Crippen LogP contribution is 2.42. The lowest BCUT2D eigenvalue weighted by molar-refractivity contribution is 0.595. The fraction of sp³-hybridized carbons (Fsp3) is 0. The third kappa shape index (κ3) is 3.08. The van der Waals surface area contributed by atoms with Crippen molar-refractivity contribution in [3.63, 3.8) is 0 Å². The van der Waals surface area contributed by atoms with Gasteiger partial charge in [0.2, 0.25) is 0 Å². The van der Waals surface area contributed by atoms with E-state index in [1.54, 1.807) is 4.57 Å². The summed E-state index contributed by atoms with van der Waals surface area (Å²) in [5, 5.41) is 33.1. The molecule has 5 aromatic carbocycles. The lowest BCUT2D eigenvalue weighted by atomic mass is 10.0. The maximum Gasteiger partial charge on any atom is 0.147 e. The van der Waals surface area contributed by atoms with E-state index in [0.717, 1.165) is 45.3 Å². The summed E-state index contributed by atoms with van der Waals surface area (Å²) in [7, 11) is 0. The number of aromatic nitrogens is 2. The molecule has 5 nitrogen and oxygen atoms in total. The van der Waals surface area contributed by atoms with Gasteiger partial charge >= 0.3 is 0 Å². The van der Waals surface area contributed by atoms with Crippen LogP contribution in [0.5, 0.6) is 0 Å². The summed E-state index contributed by atoms with van der Waals surface area (Å²) in [4.78, 5) is 0. The molecule has 0 aliphatic rings. The van der Waals surface area contributed by atoms with E-state index >= 15 is 4.39 Å². The summed E-state index contributed by atoms with van der Waals surface area (Å²) in [6.07, 6.45) is 0. The molecule has 0 amide bonds. The topological polar surface area (TPSA) is 81.2 Å². The lowest BCUT2D eigenvalue weighted by Gasteiger charge is -2.15. The molecule has 0 radical (unpaired) electrons. The van der Waals surface area contributed by atoms with E-state index in [-0.39, 0.29) is 22.4 Å². The highest BCUT2D eigenvalue weighted by molar-refractivity contribution is 6.24. The molecule has 2 aromatic heterocycles. The predicted molar refractivity (Wildman–Crippen MR) is 149 cm³/mol. The second kappa shape index (κ2) is 8.53. The molecule has 0 unspecified atom stereocenters. The minimum absolute atomic E-state index is 0.0383. The Morgan fingerprint density at radius 2 is 1.10 bits per heavy atom. The first kappa shape index (κ1) is 23.2. The Hall–Kier alpha value is -5.97. The minimum Gasteiger partial charge on any atom is -0.305 e. The van der Waals surface area contributed by atoms with Gasteiger partial charge in [0, 0.05) is 27.6 Å². The maximum absolute atomic E-state index is 15.4. The molecule has 0 aliphatic carbocycles. The Morgan fingerprint density at radius 3 is 1.68 bits per heavy atom. The van der Waals surface area contributed by atoms with Gasteiger partial charge in [0.15, 0.2) is 0 Å². The van der Waals surface area contributed by atoms with Gasteiger partial charge in [-0.2, -0.15) is 15.8 Å². The van der Waals surface area contributed by atoms with E-state index in [2.05, 4.69) is 12.1 Å². The molecule has 0 fully saturated rings. The van der Waals surface area contributed by atoms with Crippen LogP contribution in [0.3, 0.4) is 0 Å². The summed E-state index contributed by atoms with van der Waals surface area (Å²) in [6.45, 7) is 0. The molecule has 0 saturated carbocycles. The van der Waals surface area contributed by atoms with Crippen molar-refractivity contribution in [3.05, 3.63) is 119 Å². The number of fused-ring (bicyclic) bond motifs is 7. The maximum atomic E-state index is 15.4. The third-order valence-corrected chi connectivity index (χ3v) is 7.32. The van der Waals surface area contributed by atoms with Crippen LogP contribution in [0.1, 0.15) is 16.7 Å². The molecule has 0 atom stereocenters. The van der Waals surface area contributed by atoms with E-state index in [1.807, 2.05) is 71.3 Å². The van der Waals surface area contributed by atoms with Crippen LogP contribution in [0.2, 0.25) is 0 Å². The molecular weight excluding hydrogens is 504 g/mol. The first-order chi connectivity index (χ1) is 19.5. The van der Waals surface area contributed by atoms with Gasteiger partial charge in [-0.3, -0.25) is 0 Å². The Kier molecular flexibility index (Phi) is 4.94. The van der Waals surface area contributed by atoms with Gasteiger partial charge < -0.3 is 9.13 Å². The number of hydrogen-bond acceptors (Lipinski definition) is 3. The number of halogens is 2. The monoisotopic (exact) mass is 519 g/mol. The fourth-order valence-electron chi connectivity index (χ4n) is 5.75. The predicted octanol–water partition coefficient (Wildman–Crippen LogP) is 7.77. The molecule has 7 heteroatoms. The fourth-order valence-corrected chi connectivity index (χ4v) is 5.75. The van der Waals surface area contributed by atoms with E-state index in [0.29, 0.717) is 22.2 Å². The molecule has 186 valence electrons. The van der Waals surface area contributed by atoms with E-state index in [4.69, 9.17) is 0 Å². The number of para-hydroxylation sites is 2. The highest BCUT2D eigenvalue weighted by atomic mass is 19.1. The molecule has 40 heavy (non-hydrogen) atoms. The standard InChI is InChI=1S/C33H15F2N5/c34-22-9-12-27(35)30(15-22)39-28-7-3-1-5-23(28)25-10-11-26-24-6-2-4-8-29(24)40(33(26)32(25)39)31-20(17-37)13-19(16-36)14-21(31)18-38/h1-15H. The van der Waals surface area contributed by atoms with Crippen LogP contribution in [0.25, 0.3) is 55.0 Å². The molecule has 2 heterocycles. The molecule has 7 rings (SSSR count). The van der Waals surface area contributed by atoms with Crippen molar-refractivity contribution < 1.29 is 8.78 Å². The summed E-state index contributed by atoms with van der Waals surface area (Å²) in [5.41, 5.74) is 3.46. The van der Waals surface area contributed by atoms with Gasteiger partial charge in [-0.25, -0.2) is 8.78 Å². The molecule has 0 aliphatic heterocycles. The number of hydrogen-bond donors (Lipinski definition) is 0. The molecule has 0 saturated heterocycles. The first-order valence-corrected chi connectivity index (χ1v) is 12.3. The Labute approximate surface area is 226 Å². The normalized spacial score (nSPS) is 11.2. The van der Waals surface area contributed by atoms with Crippen LogP contribution < -0.4 is 0 Å². The largest absolute Gasteiger partial charge is 0.305 e. The quantitative estimate of drug-likeness (QED) is 0.234. The van der Waals surface area contributed by atoms with Crippen molar-refractivity contribution in [1.29, 1.82) is 15.8 Å². The van der Waals surface area contributed by atoms with Gasteiger partial charge in [0.1, 0.15) is 23.8 Å². The molecule has 0 bridgehead atoms. The Bertz CT molecular complexity index is 2300. The SMILES string of the molecule is N#Cc1cc(C#N)c(-n2c3ccccc3c3ccc4c5ccccc5n(-c5cc(F)ccc5F)c4c32)c(C#N)c1. The zero-order valence-corrected chi connectivity index (χ0v) is 20.7. The van der Waals surface area contributed by atoms with E-state index < -0.39 is 11.6 Å². The van der Waals surface area contributed by atoms with Crippen molar-refractivity contribution in [2.75, 3.05) is 0 Å². The number of benzene rings is 5. The lowest BCUT2D eigenvalue weighted by Crippen LogP contribution is -2.04. The van der Waals surface area contributed by atoms with Crippen LogP contribution in [0.4, 0.5) is 8.78 Å². The van der Waals surface area contributed by atoms with Crippen LogP contribution in [0.15, 0.2) is 91.0 Å². The van der Waals surface area contributed by atoms with Crippen LogP contribution in [-0.4, -0.2) is 9.13 Å². The summed E-state index contributed by atoms with van der Waals surface area (Å²) < 4.78 is 33.5. The van der Waals surface area contributed by atoms with E-state index in [1.165, 1.54) is 12.1 Å². The van der Waals surface area contributed by atoms with E-state index in [9.17, 15) is 20.2 Å². The Balaban J connectivity index is 1.81. The number of nitriles is 3. The smallest absolute Gasteiger partial charge is 0.147 e. The average molecular weight is 520 g/mol. The second-order valence-electron chi connectivity index (χ2n) is 9.41. The summed E-state index contributed by atoms with van der Waals surface area (Å²) in [5.74, 6) is -1.18. The summed E-state index contributed by atoms with van der Waals surface area (Å²) in [6, 6.07) is 31.6. The van der Waals surface area contributed by atoms with Crippen molar-refractivity contribution in [2.45, 2.75) is 0 Å².